The van der Waals surface area contributed by atoms with Gasteiger partial charge in [-0.3, -0.25) is 9.69 Å². The van der Waals surface area contributed by atoms with Crippen LogP contribution in [0.1, 0.15) is 42.4 Å². The molecule has 0 saturated carbocycles. The molecule has 1 aliphatic heterocycles. The van der Waals surface area contributed by atoms with E-state index in [1.165, 1.54) is 43.5 Å². The molecule has 0 bridgehead atoms. The number of rotatable bonds is 9. The van der Waals surface area contributed by atoms with E-state index in [-0.39, 0.29) is 5.91 Å². The van der Waals surface area contributed by atoms with Gasteiger partial charge in [0.25, 0.3) is 0 Å². The molecule has 29 heavy (non-hydrogen) atoms. The number of amides is 1. The second-order valence-electron chi connectivity index (χ2n) is 7.57. The monoisotopic (exact) mass is 396 g/mol. The van der Waals surface area contributed by atoms with Crippen molar-refractivity contribution in [3.05, 3.63) is 59.2 Å². The zero-order chi connectivity index (χ0) is 20.5. The summed E-state index contributed by atoms with van der Waals surface area (Å²) in [6, 6.07) is 14.2. The first kappa shape index (κ1) is 21.2. The maximum Gasteiger partial charge on any atom is 0.220 e. The van der Waals surface area contributed by atoms with Gasteiger partial charge in [-0.1, -0.05) is 36.8 Å². The number of carbonyl (C=O) groups is 1. The van der Waals surface area contributed by atoms with Crippen molar-refractivity contribution in [3.63, 3.8) is 0 Å². The van der Waals surface area contributed by atoms with Crippen molar-refractivity contribution in [1.82, 2.24) is 10.2 Å². The Hall–Kier alpha value is -2.53. The van der Waals surface area contributed by atoms with Crippen molar-refractivity contribution < 1.29 is 14.3 Å². The maximum atomic E-state index is 12.4. The van der Waals surface area contributed by atoms with Crippen molar-refractivity contribution >= 4 is 5.91 Å². The molecule has 2 aromatic rings. The average molecular weight is 397 g/mol. The summed E-state index contributed by atoms with van der Waals surface area (Å²) >= 11 is 0. The van der Waals surface area contributed by atoms with Crippen molar-refractivity contribution in [3.8, 4) is 11.5 Å². The van der Waals surface area contributed by atoms with E-state index in [1.54, 1.807) is 14.2 Å². The van der Waals surface area contributed by atoms with E-state index in [9.17, 15) is 4.79 Å². The van der Waals surface area contributed by atoms with Gasteiger partial charge in [-0.25, -0.2) is 0 Å². The molecule has 0 unspecified atom stereocenters. The summed E-state index contributed by atoms with van der Waals surface area (Å²) in [5, 5.41) is 3.08. The Morgan fingerprint density at radius 3 is 2.41 bits per heavy atom. The summed E-state index contributed by atoms with van der Waals surface area (Å²) in [7, 11) is 3.24. The first-order chi connectivity index (χ1) is 14.2. The number of aryl methyl sites for hydroxylation is 1. The van der Waals surface area contributed by atoms with Gasteiger partial charge in [-0.05, 0) is 61.2 Å². The average Bonchev–Trinajstić information content (AvgIpc) is 2.77. The van der Waals surface area contributed by atoms with Crippen LogP contribution < -0.4 is 14.8 Å². The van der Waals surface area contributed by atoms with E-state index in [1.807, 2.05) is 24.3 Å². The molecule has 156 valence electrons. The molecule has 0 spiro atoms. The van der Waals surface area contributed by atoms with Crippen molar-refractivity contribution in [1.29, 1.82) is 0 Å². The maximum absolute atomic E-state index is 12.4. The second-order valence-corrected chi connectivity index (χ2v) is 7.57. The minimum Gasteiger partial charge on any atom is -0.493 e. The zero-order valence-corrected chi connectivity index (χ0v) is 17.6. The van der Waals surface area contributed by atoms with Gasteiger partial charge in [0.15, 0.2) is 11.5 Å². The van der Waals surface area contributed by atoms with Gasteiger partial charge < -0.3 is 14.8 Å². The van der Waals surface area contributed by atoms with E-state index in [2.05, 4.69) is 28.4 Å². The van der Waals surface area contributed by atoms with Gasteiger partial charge in [-0.15, -0.1) is 0 Å². The fraction of sp³-hybridized carbons (Fsp3) is 0.458. The Kier molecular flexibility index (Phi) is 7.94. The minimum absolute atomic E-state index is 0.0626. The number of nitrogens with zero attached hydrogens (tertiary/aromatic N) is 1. The standard InChI is InChI=1S/C24H32N2O3/c1-28-22-12-10-19(16-23(22)29-2)11-13-24(27)25-17-20-8-4-5-9-21(20)18-26-14-6-3-7-15-26/h4-5,8-10,12,16H,3,6-7,11,13-15,17-18H2,1-2H3,(H,25,27). The second kappa shape index (κ2) is 10.9. The summed E-state index contributed by atoms with van der Waals surface area (Å²) in [6.07, 6.45) is 5.03. The van der Waals surface area contributed by atoms with Gasteiger partial charge in [0.1, 0.15) is 0 Å². The highest BCUT2D eigenvalue weighted by Gasteiger charge is 2.13. The number of likely N-dealkylation sites (tertiary alicyclic amines) is 1. The van der Waals surface area contributed by atoms with Crippen molar-refractivity contribution in [2.45, 2.75) is 45.2 Å². The molecular weight excluding hydrogens is 364 g/mol. The quantitative estimate of drug-likeness (QED) is 0.698. The number of nitrogens with one attached hydrogen (secondary N) is 1. The van der Waals surface area contributed by atoms with E-state index >= 15 is 0 Å². The fourth-order valence-corrected chi connectivity index (χ4v) is 3.82. The Morgan fingerprint density at radius 1 is 0.966 bits per heavy atom. The predicted octanol–water partition coefficient (Wildman–Crippen LogP) is 3.94. The molecule has 1 N–H and O–H groups in total. The van der Waals surface area contributed by atoms with E-state index in [0.29, 0.717) is 30.9 Å². The third-order valence-corrected chi connectivity index (χ3v) is 5.53. The number of ether oxygens (including phenoxy) is 2. The zero-order valence-electron chi connectivity index (χ0n) is 17.6. The summed E-state index contributed by atoms with van der Waals surface area (Å²) in [5.74, 6) is 1.45. The van der Waals surface area contributed by atoms with Gasteiger partial charge in [0.2, 0.25) is 5.91 Å². The van der Waals surface area contributed by atoms with Crippen LogP contribution in [0.4, 0.5) is 0 Å². The van der Waals surface area contributed by atoms with E-state index < -0.39 is 0 Å². The van der Waals surface area contributed by atoms with Gasteiger partial charge in [0.05, 0.1) is 14.2 Å². The molecule has 0 radical (unpaired) electrons. The Bertz CT molecular complexity index is 800. The molecule has 0 aromatic heterocycles. The lowest BCUT2D eigenvalue weighted by Crippen LogP contribution is -2.30. The Morgan fingerprint density at radius 2 is 1.69 bits per heavy atom. The van der Waals surface area contributed by atoms with Crippen LogP contribution in [0.2, 0.25) is 0 Å². The number of hydrogen-bond donors (Lipinski definition) is 1. The predicted molar refractivity (Wildman–Crippen MR) is 115 cm³/mol. The lowest BCUT2D eigenvalue weighted by Gasteiger charge is -2.27. The number of hydrogen-bond acceptors (Lipinski definition) is 4. The lowest BCUT2D eigenvalue weighted by atomic mass is 10.0. The highest BCUT2D eigenvalue weighted by molar-refractivity contribution is 5.76. The van der Waals surface area contributed by atoms with Crippen LogP contribution in [0.3, 0.4) is 0 Å². The van der Waals surface area contributed by atoms with Crippen LogP contribution in [0.15, 0.2) is 42.5 Å². The molecule has 2 aromatic carbocycles. The summed E-state index contributed by atoms with van der Waals surface area (Å²) in [4.78, 5) is 14.9. The normalized spacial score (nSPS) is 14.4. The number of benzene rings is 2. The first-order valence-electron chi connectivity index (χ1n) is 10.5. The molecule has 0 atom stereocenters. The molecule has 3 rings (SSSR count). The van der Waals surface area contributed by atoms with E-state index in [4.69, 9.17) is 9.47 Å². The minimum atomic E-state index is 0.0626. The lowest BCUT2D eigenvalue weighted by molar-refractivity contribution is -0.121. The molecular formula is C24H32N2O3. The number of piperidine rings is 1. The van der Waals surface area contributed by atoms with Crippen molar-refractivity contribution in [2.75, 3.05) is 27.3 Å². The van der Waals surface area contributed by atoms with Crippen LogP contribution in [0.5, 0.6) is 11.5 Å². The van der Waals surface area contributed by atoms with E-state index in [0.717, 1.165) is 12.1 Å². The Balaban J connectivity index is 1.50. The third kappa shape index (κ3) is 6.23. The largest absolute Gasteiger partial charge is 0.493 e. The van der Waals surface area contributed by atoms with Crippen LogP contribution in [0.25, 0.3) is 0 Å². The first-order valence-corrected chi connectivity index (χ1v) is 10.5. The molecule has 1 fully saturated rings. The topological polar surface area (TPSA) is 50.8 Å². The molecule has 1 saturated heterocycles. The third-order valence-electron chi connectivity index (χ3n) is 5.53. The molecule has 1 aliphatic rings. The van der Waals surface area contributed by atoms with Crippen LogP contribution in [-0.4, -0.2) is 38.1 Å². The summed E-state index contributed by atoms with van der Waals surface area (Å²) in [6.45, 7) is 3.89. The highest BCUT2D eigenvalue weighted by Crippen LogP contribution is 2.28. The number of methoxy groups -OCH3 is 2. The Labute approximate surface area is 174 Å². The highest BCUT2D eigenvalue weighted by atomic mass is 16.5. The molecule has 5 nitrogen and oxygen atoms in total. The van der Waals surface area contributed by atoms with Gasteiger partial charge >= 0.3 is 0 Å². The van der Waals surface area contributed by atoms with Gasteiger partial charge in [-0.2, -0.15) is 0 Å². The van der Waals surface area contributed by atoms with Crippen LogP contribution in [-0.2, 0) is 24.3 Å². The SMILES string of the molecule is COc1ccc(CCC(=O)NCc2ccccc2CN2CCCCC2)cc1OC. The summed E-state index contributed by atoms with van der Waals surface area (Å²) in [5.41, 5.74) is 3.58. The van der Waals surface area contributed by atoms with Crippen LogP contribution >= 0.6 is 0 Å². The molecule has 5 heteroatoms. The number of carbonyl (C=O) groups excluding carboxylic acids is 1. The van der Waals surface area contributed by atoms with Crippen LogP contribution in [0, 0.1) is 0 Å². The van der Waals surface area contributed by atoms with Gasteiger partial charge in [0, 0.05) is 19.5 Å². The van der Waals surface area contributed by atoms with Crippen molar-refractivity contribution in [2.24, 2.45) is 0 Å². The molecule has 1 heterocycles. The molecule has 0 aliphatic carbocycles. The summed E-state index contributed by atoms with van der Waals surface area (Å²) < 4.78 is 10.6. The fourth-order valence-electron chi connectivity index (χ4n) is 3.82. The molecule has 1 amide bonds. The smallest absolute Gasteiger partial charge is 0.220 e.